The van der Waals surface area contributed by atoms with Crippen LogP contribution < -0.4 is 0 Å². The monoisotopic (exact) mass is 381 g/mol. The second kappa shape index (κ2) is 7.53. The van der Waals surface area contributed by atoms with Gasteiger partial charge in [0.25, 0.3) is 5.91 Å². The summed E-state index contributed by atoms with van der Waals surface area (Å²) >= 11 is 0. The minimum absolute atomic E-state index is 0.0846. The van der Waals surface area contributed by atoms with Gasteiger partial charge in [-0.25, -0.2) is 4.98 Å². The van der Waals surface area contributed by atoms with Crippen molar-refractivity contribution in [2.45, 2.75) is 52.5 Å². The molecule has 0 aromatic carbocycles. The minimum atomic E-state index is -0.0846. The molecule has 0 spiro atoms. The lowest BCUT2D eigenvalue weighted by Crippen LogP contribution is -2.35. The second-order valence-electron chi connectivity index (χ2n) is 7.26. The standard InChI is InChI=1S/C20H23N5O3/c1-12-9-18(28-23-12)20(26)25-8-4-5-16(25)7-6-15-10-21-11-17(22-15)19-13(2)24-27-14(19)3/h9-11,16H,4-8H2,1-3H3/t16-/m0/s1. The summed E-state index contributed by atoms with van der Waals surface area (Å²) in [6.07, 6.45) is 7.06. The lowest BCUT2D eigenvalue weighted by molar-refractivity contribution is 0.0688. The fraction of sp³-hybridized carbons (Fsp3) is 0.450. The molecule has 8 nitrogen and oxygen atoms in total. The van der Waals surface area contributed by atoms with E-state index in [1.54, 1.807) is 18.5 Å². The Morgan fingerprint density at radius 1 is 1.21 bits per heavy atom. The van der Waals surface area contributed by atoms with Crippen LogP contribution in [-0.2, 0) is 6.42 Å². The number of aromatic nitrogens is 4. The predicted octanol–water partition coefficient (Wildman–Crippen LogP) is 3.28. The molecule has 1 aliphatic rings. The van der Waals surface area contributed by atoms with E-state index >= 15 is 0 Å². The zero-order valence-corrected chi connectivity index (χ0v) is 16.3. The highest BCUT2D eigenvalue weighted by atomic mass is 16.5. The average molecular weight is 381 g/mol. The molecule has 0 saturated carbocycles. The maximum absolute atomic E-state index is 12.7. The maximum atomic E-state index is 12.7. The van der Waals surface area contributed by atoms with Gasteiger partial charge < -0.3 is 13.9 Å². The number of carbonyl (C=O) groups excluding carboxylic acids is 1. The van der Waals surface area contributed by atoms with Crippen molar-refractivity contribution in [2.75, 3.05) is 6.54 Å². The van der Waals surface area contributed by atoms with Gasteiger partial charge in [-0.3, -0.25) is 9.78 Å². The zero-order valence-electron chi connectivity index (χ0n) is 16.3. The van der Waals surface area contributed by atoms with Crippen molar-refractivity contribution in [3.05, 3.63) is 47.1 Å². The molecule has 4 heterocycles. The zero-order chi connectivity index (χ0) is 19.7. The van der Waals surface area contributed by atoms with Gasteiger partial charge in [0.1, 0.15) is 5.76 Å². The fourth-order valence-corrected chi connectivity index (χ4v) is 3.82. The normalized spacial score (nSPS) is 16.7. The summed E-state index contributed by atoms with van der Waals surface area (Å²) in [7, 11) is 0. The molecule has 1 fully saturated rings. The molecule has 146 valence electrons. The van der Waals surface area contributed by atoms with Gasteiger partial charge in [0, 0.05) is 24.8 Å². The molecule has 4 rings (SSSR count). The van der Waals surface area contributed by atoms with Crippen LogP contribution in [0.1, 0.15) is 52.7 Å². The minimum Gasteiger partial charge on any atom is -0.361 e. The molecule has 28 heavy (non-hydrogen) atoms. The molecule has 0 N–H and O–H groups in total. The highest BCUT2D eigenvalue weighted by Crippen LogP contribution is 2.26. The summed E-state index contributed by atoms with van der Waals surface area (Å²) in [5.41, 5.74) is 4.08. The Morgan fingerprint density at radius 2 is 2.07 bits per heavy atom. The average Bonchev–Trinajstić information content (AvgIpc) is 3.40. The number of nitrogens with zero attached hydrogens (tertiary/aromatic N) is 5. The van der Waals surface area contributed by atoms with E-state index in [0.29, 0.717) is 11.5 Å². The van der Waals surface area contributed by atoms with E-state index in [2.05, 4.69) is 15.3 Å². The molecule has 0 aliphatic carbocycles. The Balaban J connectivity index is 1.45. The number of likely N-dealkylation sites (tertiary alicyclic amines) is 1. The van der Waals surface area contributed by atoms with Gasteiger partial charge in [-0.15, -0.1) is 0 Å². The molecule has 0 unspecified atom stereocenters. The third-order valence-electron chi connectivity index (χ3n) is 5.18. The van der Waals surface area contributed by atoms with Crippen LogP contribution in [-0.4, -0.2) is 43.7 Å². The van der Waals surface area contributed by atoms with Crippen LogP contribution in [0.2, 0.25) is 0 Å². The van der Waals surface area contributed by atoms with E-state index < -0.39 is 0 Å². The second-order valence-corrected chi connectivity index (χ2v) is 7.26. The molecule has 1 aliphatic heterocycles. The quantitative estimate of drug-likeness (QED) is 0.669. The number of carbonyl (C=O) groups is 1. The molecule has 0 radical (unpaired) electrons. The Kier molecular flexibility index (Phi) is 4.93. The third kappa shape index (κ3) is 3.54. The largest absolute Gasteiger partial charge is 0.361 e. The molecule has 1 atom stereocenters. The van der Waals surface area contributed by atoms with Crippen LogP contribution in [0, 0.1) is 20.8 Å². The van der Waals surface area contributed by atoms with Crippen molar-refractivity contribution in [3.63, 3.8) is 0 Å². The van der Waals surface area contributed by atoms with Gasteiger partial charge >= 0.3 is 0 Å². The molecule has 1 amide bonds. The van der Waals surface area contributed by atoms with Gasteiger partial charge in [0.2, 0.25) is 5.76 Å². The molecule has 8 heteroatoms. The first-order valence-electron chi connectivity index (χ1n) is 9.51. The predicted molar refractivity (Wildman–Crippen MR) is 101 cm³/mol. The number of aryl methyl sites for hydroxylation is 4. The van der Waals surface area contributed by atoms with Crippen molar-refractivity contribution in [1.29, 1.82) is 0 Å². The van der Waals surface area contributed by atoms with E-state index in [1.807, 2.05) is 25.7 Å². The summed E-state index contributed by atoms with van der Waals surface area (Å²) in [6, 6.07) is 1.86. The van der Waals surface area contributed by atoms with Crippen LogP contribution in [0.15, 0.2) is 27.5 Å². The van der Waals surface area contributed by atoms with Crippen molar-refractivity contribution < 1.29 is 13.8 Å². The molecule has 0 bridgehead atoms. The SMILES string of the molecule is Cc1cc(C(=O)N2CCC[C@H]2CCc2cncc(-c3c(C)noc3C)n2)on1. The summed E-state index contributed by atoms with van der Waals surface area (Å²) in [5, 5.41) is 7.81. The van der Waals surface area contributed by atoms with Crippen LogP contribution in [0.25, 0.3) is 11.3 Å². The Bertz CT molecular complexity index is 974. The van der Waals surface area contributed by atoms with E-state index in [4.69, 9.17) is 14.0 Å². The van der Waals surface area contributed by atoms with Crippen LogP contribution in [0.3, 0.4) is 0 Å². The van der Waals surface area contributed by atoms with Gasteiger partial charge in [-0.2, -0.15) is 0 Å². The Labute approximate surface area is 162 Å². The van der Waals surface area contributed by atoms with Crippen LogP contribution in [0.5, 0.6) is 0 Å². The van der Waals surface area contributed by atoms with E-state index in [0.717, 1.165) is 60.6 Å². The summed E-state index contributed by atoms with van der Waals surface area (Å²) in [5.74, 6) is 0.960. The lowest BCUT2D eigenvalue weighted by atomic mass is 10.1. The number of hydrogen-bond donors (Lipinski definition) is 0. The van der Waals surface area contributed by atoms with Crippen molar-refractivity contribution in [2.24, 2.45) is 0 Å². The van der Waals surface area contributed by atoms with Crippen molar-refractivity contribution >= 4 is 5.91 Å². The summed E-state index contributed by atoms with van der Waals surface area (Å²) < 4.78 is 10.4. The van der Waals surface area contributed by atoms with Crippen LogP contribution >= 0.6 is 0 Å². The number of rotatable bonds is 5. The first-order valence-corrected chi connectivity index (χ1v) is 9.51. The summed E-state index contributed by atoms with van der Waals surface area (Å²) in [4.78, 5) is 23.7. The van der Waals surface area contributed by atoms with Crippen LogP contribution in [0.4, 0.5) is 0 Å². The molecular formula is C20H23N5O3. The molecular weight excluding hydrogens is 358 g/mol. The highest BCUT2D eigenvalue weighted by molar-refractivity contribution is 5.91. The topological polar surface area (TPSA) is 98.2 Å². The van der Waals surface area contributed by atoms with Gasteiger partial charge in [0.05, 0.1) is 34.5 Å². The molecule has 1 saturated heterocycles. The highest BCUT2D eigenvalue weighted by Gasteiger charge is 2.31. The third-order valence-corrected chi connectivity index (χ3v) is 5.18. The fourth-order valence-electron chi connectivity index (χ4n) is 3.82. The van der Waals surface area contributed by atoms with E-state index in [1.165, 1.54) is 0 Å². The van der Waals surface area contributed by atoms with Gasteiger partial charge in [0.15, 0.2) is 0 Å². The van der Waals surface area contributed by atoms with Gasteiger partial charge in [-0.1, -0.05) is 10.3 Å². The summed E-state index contributed by atoms with van der Waals surface area (Å²) in [6.45, 7) is 6.32. The molecule has 3 aromatic rings. The smallest absolute Gasteiger partial charge is 0.292 e. The van der Waals surface area contributed by atoms with E-state index in [-0.39, 0.29) is 11.9 Å². The maximum Gasteiger partial charge on any atom is 0.292 e. The lowest BCUT2D eigenvalue weighted by Gasteiger charge is -2.23. The van der Waals surface area contributed by atoms with Gasteiger partial charge in [-0.05, 0) is 46.5 Å². The number of amides is 1. The van der Waals surface area contributed by atoms with Crippen molar-refractivity contribution in [3.8, 4) is 11.3 Å². The van der Waals surface area contributed by atoms with E-state index in [9.17, 15) is 4.79 Å². The number of hydrogen-bond acceptors (Lipinski definition) is 7. The first kappa shape index (κ1) is 18.3. The Hall–Kier alpha value is -3.03. The first-order chi connectivity index (χ1) is 13.5. The van der Waals surface area contributed by atoms with Crippen molar-refractivity contribution in [1.82, 2.24) is 25.2 Å². The molecule has 3 aromatic heterocycles. The Morgan fingerprint density at radius 3 is 2.79 bits per heavy atom.